The highest BCUT2D eigenvalue weighted by atomic mass is 35.5. The molecule has 0 bridgehead atoms. The molecule has 180 valence electrons. The van der Waals surface area contributed by atoms with Crippen LogP contribution in [-0.4, -0.2) is 29.3 Å². The highest BCUT2D eigenvalue weighted by Gasteiger charge is 2.29. The number of hydrogen-bond donors (Lipinski definition) is 2. The Hall–Kier alpha value is -3.16. The number of benzene rings is 2. The van der Waals surface area contributed by atoms with Crippen molar-refractivity contribution in [2.24, 2.45) is 7.05 Å². The van der Waals surface area contributed by atoms with Gasteiger partial charge in [-0.2, -0.15) is 15.5 Å². The van der Waals surface area contributed by atoms with Crippen LogP contribution in [0.2, 0.25) is 5.02 Å². The summed E-state index contributed by atoms with van der Waals surface area (Å²) in [7, 11) is 1.80. The third-order valence-electron chi connectivity index (χ3n) is 5.70. The van der Waals surface area contributed by atoms with Gasteiger partial charge in [-0.25, -0.2) is 5.10 Å². The number of aryl methyl sites for hydroxylation is 1. The topological polar surface area (TPSA) is 122 Å². The fraction of sp³-hybridized carbons (Fsp3) is 0.280. The van der Waals surface area contributed by atoms with Gasteiger partial charge in [-0.1, -0.05) is 29.8 Å². The van der Waals surface area contributed by atoms with Gasteiger partial charge in [-0.05, 0) is 51.5 Å². The number of H-pyrrole nitrogens is 1. The van der Waals surface area contributed by atoms with Crippen LogP contribution < -0.4 is 10.3 Å². The Morgan fingerprint density at radius 1 is 1.23 bits per heavy atom. The molecular weight excluding hydrogens is 484 g/mol. The second kappa shape index (κ2) is 9.47. The van der Waals surface area contributed by atoms with Crippen molar-refractivity contribution < 1.29 is 4.55 Å². The molecule has 2 heterocycles. The zero-order valence-corrected chi connectivity index (χ0v) is 21.6. The Kier molecular flexibility index (Phi) is 6.75. The minimum atomic E-state index is -1.33. The summed E-state index contributed by atoms with van der Waals surface area (Å²) >= 11 is 4.96. The van der Waals surface area contributed by atoms with Crippen molar-refractivity contribution in [1.82, 2.24) is 24.7 Å². The predicted octanol–water partition coefficient (Wildman–Crippen LogP) is 4.63. The fourth-order valence-corrected chi connectivity index (χ4v) is 4.88. The molecule has 2 aromatic heterocycles. The summed E-state index contributed by atoms with van der Waals surface area (Å²) in [4.78, 5) is 12.5. The average molecular weight is 509 g/mol. The Morgan fingerprint density at radius 2 is 1.97 bits per heavy atom. The van der Waals surface area contributed by atoms with E-state index in [4.69, 9.17) is 11.6 Å². The van der Waals surface area contributed by atoms with E-state index in [1.54, 1.807) is 36.1 Å². The number of aromatic nitrogens is 4. The maximum absolute atomic E-state index is 12.7. The quantitative estimate of drug-likeness (QED) is 0.379. The van der Waals surface area contributed by atoms with Crippen LogP contribution in [0, 0.1) is 11.3 Å². The number of nitriles is 1. The van der Waals surface area contributed by atoms with Crippen molar-refractivity contribution in [3.63, 3.8) is 0 Å². The van der Waals surface area contributed by atoms with E-state index in [2.05, 4.69) is 26.1 Å². The van der Waals surface area contributed by atoms with Gasteiger partial charge < -0.3 is 4.55 Å². The van der Waals surface area contributed by atoms with Gasteiger partial charge in [0.1, 0.15) is 10.8 Å². The first-order valence-corrected chi connectivity index (χ1v) is 12.5. The Balaban J connectivity index is 1.88. The second-order valence-electron chi connectivity index (χ2n) is 9.22. The van der Waals surface area contributed by atoms with Crippen LogP contribution in [0.3, 0.4) is 0 Å². The van der Waals surface area contributed by atoms with E-state index in [1.165, 1.54) is 0 Å². The average Bonchev–Trinajstić information content (AvgIpc) is 3.19. The smallest absolute Gasteiger partial charge is 0.272 e. The molecular formula is C25H25ClN6O2S. The van der Waals surface area contributed by atoms with Gasteiger partial charge >= 0.3 is 0 Å². The van der Waals surface area contributed by atoms with Crippen molar-refractivity contribution in [2.75, 3.05) is 0 Å². The van der Waals surface area contributed by atoms with Crippen LogP contribution >= 0.6 is 11.6 Å². The molecule has 4 aromatic rings. The molecule has 2 unspecified atom stereocenters. The van der Waals surface area contributed by atoms with Gasteiger partial charge in [0, 0.05) is 34.9 Å². The molecule has 0 aliphatic rings. The summed E-state index contributed by atoms with van der Waals surface area (Å²) in [6, 6.07) is 12.5. The van der Waals surface area contributed by atoms with E-state index < -0.39 is 22.2 Å². The highest BCUT2D eigenvalue weighted by Crippen LogP contribution is 2.37. The Morgan fingerprint density at radius 3 is 2.66 bits per heavy atom. The third kappa shape index (κ3) is 4.70. The molecule has 2 atom stereocenters. The molecule has 35 heavy (non-hydrogen) atoms. The number of hydrogen-bond acceptors (Lipinski definition) is 6. The predicted molar refractivity (Wildman–Crippen MR) is 139 cm³/mol. The van der Waals surface area contributed by atoms with Crippen molar-refractivity contribution in [2.45, 2.75) is 38.5 Å². The van der Waals surface area contributed by atoms with Crippen molar-refractivity contribution in [1.29, 1.82) is 5.26 Å². The summed E-state index contributed by atoms with van der Waals surface area (Å²) in [5.74, 6) is 0. The second-order valence-corrected chi connectivity index (χ2v) is 11.6. The minimum Gasteiger partial charge on any atom is -0.598 e. The summed E-state index contributed by atoms with van der Waals surface area (Å²) < 4.78 is 17.0. The Bertz CT molecular complexity index is 1520. The fourth-order valence-electron chi connectivity index (χ4n) is 3.88. The van der Waals surface area contributed by atoms with Gasteiger partial charge in [-0.3, -0.25) is 9.48 Å². The number of halogens is 1. The van der Waals surface area contributed by atoms with E-state index in [0.717, 1.165) is 16.8 Å². The largest absolute Gasteiger partial charge is 0.598 e. The van der Waals surface area contributed by atoms with Gasteiger partial charge in [0.15, 0.2) is 0 Å². The number of rotatable bonds is 5. The summed E-state index contributed by atoms with van der Waals surface area (Å²) in [6.07, 6.45) is 1.72. The van der Waals surface area contributed by atoms with E-state index >= 15 is 0 Å². The van der Waals surface area contributed by atoms with Crippen molar-refractivity contribution in [3.8, 4) is 28.5 Å². The molecule has 0 spiro atoms. The third-order valence-corrected chi connectivity index (χ3v) is 7.69. The maximum Gasteiger partial charge on any atom is 0.272 e. The van der Waals surface area contributed by atoms with Crippen molar-refractivity contribution >= 4 is 33.7 Å². The molecule has 0 radical (unpaired) electrons. The first-order chi connectivity index (χ1) is 16.5. The van der Waals surface area contributed by atoms with E-state index in [1.807, 2.05) is 45.9 Å². The van der Waals surface area contributed by atoms with Gasteiger partial charge in [0.05, 0.1) is 39.6 Å². The van der Waals surface area contributed by atoms with Crippen LogP contribution in [-0.2, 0) is 18.4 Å². The molecule has 4 rings (SSSR count). The van der Waals surface area contributed by atoms with Crippen LogP contribution in [0.4, 0.5) is 0 Å². The summed E-state index contributed by atoms with van der Waals surface area (Å²) in [5, 5.41) is 22.4. The number of nitrogens with one attached hydrogen (secondary N) is 2. The van der Waals surface area contributed by atoms with E-state index in [9.17, 15) is 14.6 Å². The SMILES string of the molecule is CC(N[S+]([O-])C(C)(C)C)c1n[nH]c(=O)c2ccc(-c3cnn(C)c3-c3cccc(Cl)c3C#N)cc12. The number of fused-ring (bicyclic) bond motifs is 1. The maximum atomic E-state index is 12.7. The molecule has 0 amide bonds. The standard InChI is InChI=1S/C25H25ClN6O2S/c1-14(31-35(34)25(2,3)4)22-18-11-15(9-10-17(18)24(33)30-29-22)20-13-28-32(5)23(20)16-7-6-8-21(26)19(16)12-27/h6-11,13-14,31H,1-5H3,(H,30,33). The molecule has 0 aliphatic heterocycles. The molecule has 10 heteroatoms. The first kappa shape index (κ1) is 24.9. The number of nitrogens with zero attached hydrogens (tertiary/aromatic N) is 4. The highest BCUT2D eigenvalue weighted by molar-refractivity contribution is 7.90. The van der Waals surface area contributed by atoms with Crippen LogP contribution in [0.15, 0.2) is 47.4 Å². The van der Waals surface area contributed by atoms with E-state index in [0.29, 0.717) is 32.6 Å². The lowest BCUT2D eigenvalue weighted by Gasteiger charge is -2.26. The zero-order chi connectivity index (χ0) is 25.5. The lowest BCUT2D eigenvalue weighted by Crippen LogP contribution is -2.41. The normalized spacial score (nSPS) is 13.5. The minimum absolute atomic E-state index is 0.313. The van der Waals surface area contributed by atoms with Gasteiger partial charge in [0.25, 0.3) is 5.56 Å². The lowest BCUT2D eigenvalue weighted by atomic mass is 9.96. The van der Waals surface area contributed by atoms with Crippen LogP contribution in [0.1, 0.15) is 45.0 Å². The Labute approximate surface area is 211 Å². The molecule has 0 saturated carbocycles. The van der Waals surface area contributed by atoms with Crippen LogP contribution in [0.5, 0.6) is 0 Å². The molecule has 8 nitrogen and oxygen atoms in total. The zero-order valence-electron chi connectivity index (χ0n) is 20.0. The van der Waals surface area contributed by atoms with E-state index in [-0.39, 0.29) is 5.56 Å². The van der Waals surface area contributed by atoms with Gasteiger partial charge in [0.2, 0.25) is 0 Å². The van der Waals surface area contributed by atoms with Gasteiger partial charge in [-0.15, -0.1) is 4.72 Å². The molecule has 2 N–H and O–H groups in total. The summed E-state index contributed by atoms with van der Waals surface area (Å²) in [6.45, 7) is 7.51. The molecule has 0 aliphatic carbocycles. The van der Waals surface area contributed by atoms with Crippen molar-refractivity contribution in [3.05, 3.63) is 69.2 Å². The van der Waals surface area contributed by atoms with Crippen LogP contribution in [0.25, 0.3) is 33.2 Å². The number of aromatic amines is 1. The molecule has 2 aromatic carbocycles. The first-order valence-electron chi connectivity index (χ1n) is 10.9. The lowest BCUT2D eigenvalue weighted by molar-refractivity contribution is 0.528. The molecule has 0 saturated heterocycles. The molecule has 0 fully saturated rings. The monoisotopic (exact) mass is 508 g/mol. The summed E-state index contributed by atoms with van der Waals surface area (Å²) in [5.41, 5.74) is 3.58.